The van der Waals surface area contributed by atoms with Crippen molar-refractivity contribution in [2.24, 2.45) is 0 Å². The van der Waals surface area contributed by atoms with Gasteiger partial charge >= 0.3 is 0 Å². The molecule has 52 heavy (non-hydrogen) atoms. The predicted octanol–water partition coefficient (Wildman–Crippen LogP) is 12.9. The van der Waals surface area contributed by atoms with Crippen LogP contribution in [0.4, 0.5) is 22.7 Å². The first kappa shape index (κ1) is 30.7. The topological polar surface area (TPSA) is 33.5 Å². The molecule has 0 atom stereocenters. The lowest BCUT2D eigenvalue weighted by Crippen LogP contribution is -2.24. The van der Waals surface area contributed by atoms with Crippen molar-refractivity contribution in [2.45, 2.75) is 26.2 Å². The van der Waals surface area contributed by atoms with Gasteiger partial charge in [0.15, 0.2) is 0 Å². The van der Waals surface area contributed by atoms with Crippen LogP contribution in [0.1, 0.15) is 26.3 Å². The molecule has 0 unspecified atom stereocenters. The first-order valence-corrected chi connectivity index (χ1v) is 18.5. The summed E-state index contributed by atoms with van der Waals surface area (Å²) in [5, 5.41) is 4.97. The van der Waals surface area contributed by atoms with Crippen molar-refractivity contribution in [3.8, 4) is 17.3 Å². The van der Waals surface area contributed by atoms with Gasteiger partial charge in [0.2, 0.25) is 0 Å². The van der Waals surface area contributed by atoms with Gasteiger partial charge in [-0.15, -0.1) is 11.3 Å². The summed E-state index contributed by atoms with van der Waals surface area (Å²) in [5.74, 6) is 2.47. The van der Waals surface area contributed by atoms with E-state index in [1.807, 2.05) is 23.6 Å². The molecule has 0 saturated heterocycles. The van der Waals surface area contributed by atoms with E-state index in [4.69, 9.17) is 9.72 Å². The molecule has 0 radical (unpaired) electrons. The summed E-state index contributed by atoms with van der Waals surface area (Å²) in [5.41, 5.74) is 8.11. The first-order valence-electron chi connectivity index (χ1n) is 17.7. The Morgan fingerprint density at radius 1 is 0.577 bits per heavy atom. The van der Waals surface area contributed by atoms with Crippen molar-refractivity contribution in [1.82, 2.24) is 9.55 Å². The molecule has 0 saturated carbocycles. The number of thiophene rings is 1. The zero-order chi connectivity index (χ0) is 35.0. The molecule has 5 nitrogen and oxygen atoms in total. The van der Waals surface area contributed by atoms with E-state index in [1.165, 1.54) is 53.6 Å². The Kier molecular flexibility index (Phi) is 6.92. The molecular weight excluding hydrogens is 657 g/mol. The maximum atomic E-state index is 6.67. The first-order chi connectivity index (χ1) is 25.4. The molecule has 1 aliphatic rings. The van der Waals surface area contributed by atoms with Crippen LogP contribution in [0.15, 0.2) is 152 Å². The lowest BCUT2D eigenvalue weighted by molar-refractivity contribution is 0.483. The highest BCUT2D eigenvalue weighted by Gasteiger charge is 2.29. The third kappa shape index (κ3) is 4.94. The molecule has 6 heteroatoms. The lowest BCUT2D eigenvalue weighted by Gasteiger charge is -2.23. The molecule has 252 valence electrons. The van der Waals surface area contributed by atoms with E-state index in [9.17, 15) is 0 Å². The molecule has 10 rings (SSSR count). The van der Waals surface area contributed by atoms with Gasteiger partial charge in [-0.3, -0.25) is 4.57 Å². The minimum atomic E-state index is 0.00818. The van der Waals surface area contributed by atoms with Crippen LogP contribution < -0.4 is 14.5 Å². The summed E-state index contributed by atoms with van der Waals surface area (Å²) in [6.07, 6.45) is 1.92. The number of ether oxygens (including phenoxy) is 1. The Bertz CT molecular complexity index is 2830. The predicted molar refractivity (Wildman–Crippen MR) is 219 cm³/mol. The van der Waals surface area contributed by atoms with Gasteiger partial charge in [0.05, 0.1) is 28.1 Å². The zero-order valence-corrected chi connectivity index (χ0v) is 30.1. The average molecular weight is 693 g/mol. The second-order valence-electron chi connectivity index (χ2n) is 14.5. The molecule has 0 aliphatic carbocycles. The maximum absolute atomic E-state index is 6.67. The highest BCUT2D eigenvalue weighted by atomic mass is 32.1. The Balaban J connectivity index is 1.02. The summed E-state index contributed by atoms with van der Waals surface area (Å²) < 4.78 is 11.6. The van der Waals surface area contributed by atoms with Crippen LogP contribution in [0.2, 0.25) is 0 Å². The maximum Gasteiger partial charge on any atom is 0.137 e. The van der Waals surface area contributed by atoms with E-state index in [0.29, 0.717) is 6.67 Å². The smallest absolute Gasteiger partial charge is 0.137 e. The average Bonchev–Trinajstić information content (AvgIpc) is 3.84. The van der Waals surface area contributed by atoms with E-state index >= 15 is 0 Å². The van der Waals surface area contributed by atoms with Crippen LogP contribution in [0.3, 0.4) is 0 Å². The summed E-state index contributed by atoms with van der Waals surface area (Å²) in [7, 11) is 0. The van der Waals surface area contributed by atoms with Crippen molar-refractivity contribution in [3.05, 3.63) is 157 Å². The second-order valence-corrected chi connectivity index (χ2v) is 15.6. The van der Waals surface area contributed by atoms with Crippen molar-refractivity contribution < 1.29 is 4.74 Å². The van der Waals surface area contributed by atoms with Gasteiger partial charge in [-0.05, 0) is 83.8 Å². The van der Waals surface area contributed by atoms with E-state index in [0.717, 1.165) is 34.0 Å². The fraction of sp³-hybridized carbons (Fsp3) is 0.109. The van der Waals surface area contributed by atoms with Crippen LogP contribution in [0, 0.1) is 0 Å². The number of para-hydroxylation sites is 3. The molecule has 4 heterocycles. The largest absolute Gasteiger partial charge is 0.457 e. The Morgan fingerprint density at radius 2 is 1.27 bits per heavy atom. The number of benzene rings is 6. The second kappa shape index (κ2) is 11.7. The Morgan fingerprint density at radius 3 is 2.13 bits per heavy atom. The van der Waals surface area contributed by atoms with Gasteiger partial charge in [0, 0.05) is 55.0 Å². The molecule has 1 aliphatic heterocycles. The van der Waals surface area contributed by atoms with E-state index in [2.05, 4.69) is 175 Å². The van der Waals surface area contributed by atoms with Gasteiger partial charge in [-0.2, -0.15) is 0 Å². The van der Waals surface area contributed by atoms with Crippen LogP contribution in [0.5, 0.6) is 11.5 Å². The number of nitrogens with zero attached hydrogens (tertiary/aromatic N) is 4. The van der Waals surface area contributed by atoms with Crippen molar-refractivity contribution in [3.63, 3.8) is 0 Å². The Hall–Kier alpha value is -6.11. The minimum absolute atomic E-state index is 0.00818. The molecule has 0 N–H and O–H groups in total. The van der Waals surface area contributed by atoms with Crippen LogP contribution in [-0.2, 0) is 5.41 Å². The van der Waals surface area contributed by atoms with Crippen LogP contribution in [-0.4, -0.2) is 16.2 Å². The molecule has 3 aromatic heterocycles. The number of rotatable bonds is 5. The van der Waals surface area contributed by atoms with E-state index in [-0.39, 0.29) is 5.41 Å². The fourth-order valence-electron chi connectivity index (χ4n) is 7.74. The third-order valence-electron chi connectivity index (χ3n) is 10.3. The quantitative estimate of drug-likeness (QED) is 0.180. The van der Waals surface area contributed by atoms with Gasteiger partial charge in [-0.25, -0.2) is 4.98 Å². The monoisotopic (exact) mass is 692 g/mol. The lowest BCUT2D eigenvalue weighted by atomic mass is 9.88. The number of hydrogen-bond donors (Lipinski definition) is 0. The third-order valence-corrected chi connectivity index (χ3v) is 11.4. The number of hydrogen-bond acceptors (Lipinski definition) is 5. The summed E-state index contributed by atoms with van der Waals surface area (Å²) in [6, 6.07) is 51.8. The number of aromatic nitrogens is 2. The summed E-state index contributed by atoms with van der Waals surface area (Å²) in [6.45, 7) is 7.41. The summed E-state index contributed by atoms with van der Waals surface area (Å²) in [4.78, 5) is 9.68. The summed E-state index contributed by atoms with van der Waals surface area (Å²) >= 11 is 1.86. The molecule has 9 aromatic rings. The molecule has 0 spiro atoms. The minimum Gasteiger partial charge on any atom is -0.457 e. The van der Waals surface area contributed by atoms with E-state index < -0.39 is 0 Å². The molecule has 6 aromatic carbocycles. The van der Waals surface area contributed by atoms with Gasteiger partial charge in [0.1, 0.15) is 24.0 Å². The highest BCUT2D eigenvalue weighted by Crippen LogP contribution is 2.48. The van der Waals surface area contributed by atoms with Crippen LogP contribution in [0.25, 0.3) is 47.8 Å². The highest BCUT2D eigenvalue weighted by molar-refractivity contribution is 7.26. The SMILES string of the molecule is CC(C)(C)c1ccnc(-n2c3ccccc3c3ccc(Oc4cccc(N5CN(c6cccc7sc8ccccc8c67)c6ccccc65)c4)cc32)c1. The van der Waals surface area contributed by atoms with E-state index in [1.54, 1.807) is 0 Å². The van der Waals surface area contributed by atoms with Crippen molar-refractivity contribution in [2.75, 3.05) is 16.5 Å². The molecular formula is C46H36N4OS. The number of fused-ring (bicyclic) bond motifs is 7. The normalized spacial score (nSPS) is 13.1. The number of anilines is 4. The van der Waals surface area contributed by atoms with Crippen LogP contribution >= 0.6 is 11.3 Å². The standard InChI is InChI=1S/C46H36N4OS/c1-46(2,3)30-24-25-47-44(26-30)50-37-16-6-4-14-34(37)35-23-22-33(28-41(35)50)51-32-13-10-12-31(27-32)48-29-49(39-18-8-7-17-38(39)48)40-19-11-21-43-45(40)36-15-5-9-20-42(36)52-43/h4-28H,29H2,1-3H3. The zero-order valence-electron chi connectivity index (χ0n) is 29.2. The molecule has 0 fully saturated rings. The van der Waals surface area contributed by atoms with Gasteiger partial charge in [-0.1, -0.05) is 81.4 Å². The van der Waals surface area contributed by atoms with Gasteiger partial charge < -0.3 is 14.5 Å². The number of pyridine rings is 1. The fourth-order valence-corrected chi connectivity index (χ4v) is 8.87. The van der Waals surface area contributed by atoms with Crippen molar-refractivity contribution in [1.29, 1.82) is 0 Å². The molecule has 0 amide bonds. The molecule has 0 bridgehead atoms. The van der Waals surface area contributed by atoms with Gasteiger partial charge in [0.25, 0.3) is 0 Å². The van der Waals surface area contributed by atoms with Crippen molar-refractivity contribution >= 4 is 76.1 Å². The Labute approximate surface area is 306 Å².